The second kappa shape index (κ2) is 4.97. The van der Waals surface area contributed by atoms with E-state index in [0.717, 1.165) is 11.5 Å². The molecule has 2 rings (SSSR count). The Bertz CT molecular complexity index is 592. The molecule has 19 heavy (non-hydrogen) atoms. The zero-order valence-electron chi connectivity index (χ0n) is 10.6. The summed E-state index contributed by atoms with van der Waals surface area (Å²) in [5, 5.41) is 5.32. The molecule has 0 spiro atoms. The molecule has 0 bridgehead atoms. The maximum Gasteiger partial charge on any atom is 0.241 e. The van der Waals surface area contributed by atoms with Crippen LogP contribution in [-0.2, 0) is 14.6 Å². The van der Waals surface area contributed by atoms with Crippen molar-refractivity contribution in [2.24, 2.45) is 0 Å². The van der Waals surface area contributed by atoms with Gasteiger partial charge in [-0.1, -0.05) is 0 Å². The van der Waals surface area contributed by atoms with Crippen molar-refractivity contribution in [1.82, 2.24) is 9.69 Å². The Morgan fingerprint density at radius 3 is 2.68 bits per heavy atom. The first-order chi connectivity index (χ1) is 8.87. The fourth-order valence-electron chi connectivity index (χ4n) is 1.68. The van der Waals surface area contributed by atoms with Gasteiger partial charge in [0.25, 0.3) is 0 Å². The monoisotopic (exact) mass is 304 g/mol. The summed E-state index contributed by atoms with van der Waals surface area (Å²) < 4.78 is 28.4. The standard InChI is InChI=1S/C10H16N4O3S2/c1-5(9(15)12-2)13-10-7(8(11)14-18-10)19(16,17)6-3-4-6/h5-6,13H,3-4H2,1-2H3,(H2,11,14)(H,12,15). The summed E-state index contributed by atoms with van der Waals surface area (Å²) in [5.74, 6) is -0.231. The highest BCUT2D eigenvalue weighted by Crippen LogP contribution is 2.41. The zero-order chi connectivity index (χ0) is 14.2. The number of hydrogen-bond acceptors (Lipinski definition) is 7. The van der Waals surface area contributed by atoms with E-state index < -0.39 is 15.9 Å². The van der Waals surface area contributed by atoms with Crippen molar-refractivity contribution in [1.29, 1.82) is 0 Å². The molecular weight excluding hydrogens is 288 g/mol. The van der Waals surface area contributed by atoms with Crippen molar-refractivity contribution in [3.8, 4) is 0 Å². The van der Waals surface area contributed by atoms with Crippen molar-refractivity contribution in [2.75, 3.05) is 18.1 Å². The average molecular weight is 304 g/mol. The van der Waals surface area contributed by atoms with E-state index in [2.05, 4.69) is 15.0 Å². The molecule has 1 aliphatic carbocycles. The third kappa shape index (κ3) is 2.66. The van der Waals surface area contributed by atoms with E-state index in [0.29, 0.717) is 17.8 Å². The van der Waals surface area contributed by atoms with E-state index in [-0.39, 0.29) is 21.9 Å². The van der Waals surface area contributed by atoms with Crippen molar-refractivity contribution < 1.29 is 13.2 Å². The summed E-state index contributed by atoms with van der Waals surface area (Å²) in [4.78, 5) is 11.5. The maximum atomic E-state index is 12.3. The van der Waals surface area contributed by atoms with Crippen LogP contribution in [0.2, 0.25) is 0 Å². The predicted molar refractivity (Wildman–Crippen MR) is 73.9 cm³/mol. The molecule has 4 N–H and O–H groups in total. The van der Waals surface area contributed by atoms with Crippen molar-refractivity contribution >= 4 is 38.1 Å². The fourth-order valence-corrected chi connectivity index (χ4v) is 4.65. The lowest BCUT2D eigenvalue weighted by atomic mass is 10.3. The number of likely N-dealkylation sites (N-methyl/N-ethyl adjacent to an activating group) is 1. The van der Waals surface area contributed by atoms with E-state index in [4.69, 9.17) is 5.73 Å². The van der Waals surface area contributed by atoms with Crippen LogP contribution in [0, 0.1) is 0 Å². The van der Waals surface area contributed by atoms with E-state index >= 15 is 0 Å². The van der Waals surface area contributed by atoms with Crippen LogP contribution >= 0.6 is 11.5 Å². The van der Waals surface area contributed by atoms with Gasteiger partial charge in [-0.05, 0) is 31.3 Å². The van der Waals surface area contributed by atoms with Gasteiger partial charge in [-0.3, -0.25) is 4.79 Å². The Kier molecular flexibility index (Phi) is 3.68. The first-order valence-electron chi connectivity index (χ1n) is 5.85. The molecular formula is C10H16N4O3S2. The summed E-state index contributed by atoms with van der Waals surface area (Å²) in [7, 11) is -1.92. The zero-order valence-corrected chi connectivity index (χ0v) is 12.3. The van der Waals surface area contributed by atoms with Gasteiger partial charge in [0.2, 0.25) is 5.91 Å². The van der Waals surface area contributed by atoms with Crippen molar-refractivity contribution in [2.45, 2.75) is 36.0 Å². The predicted octanol–water partition coefficient (Wildman–Crippen LogP) is 0.208. The van der Waals surface area contributed by atoms with Crippen LogP contribution in [0.15, 0.2) is 4.90 Å². The topological polar surface area (TPSA) is 114 Å². The number of nitrogens with zero attached hydrogens (tertiary/aromatic N) is 1. The van der Waals surface area contributed by atoms with E-state index in [1.807, 2.05) is 0 Å². The molecule has 1 aromatic heterocycles. The number of carbonyl (C=O) groups is 1. The Morgan fingerprint density at radius 2 is 2.16 bits per heavy atom. The molecule has 0 aromatic carbocycles. The van der Waals surface area contributed by atoms with Crippen LogP contribution in [-0.4, -0.2) is 37.0 Å². The second-order valence-corrected chi connectivity index (χ2v) is 7.39. The van der Waals surface area contributed by atoms with Crippen molar-refractivity contribution in [3.63, 3.8) is 0 Å². The Morgan fingerprint density at radius 1 is 1.53 bits per heavy atom. The largest absolute Gasteiger partial charge is 0.382 e. The second-order valence-electron chi connectivity index (χ2n) is 4.45. The molecule has 1 heterocycles. The molecule has 1 unspecified atom stereocenters. The van der Waals surface area contributed by atoms with Gasteiger partial charge in [0.15, 0.2) is 15.7 Å². The summed E-state index contributed by atoms with van der Waals surface area (Å²) in [5.41, 5.74) is 5.66. The molecule has 1 saturated carbocycles. The lowest BCUT2D eigenvalue weighted by Gasteiger charge is -2.13. The van der Waals surface area contributed by atoms with Gasteiger partial charge in [0, 0.05) is 7.05 Å². The van der Waals surface area contributed by atoms with Gasteiger partial charge in [-0.25, -0.2) is 8.42 Å². The number of sulfone groups is 1. The average Bonchev–Trinajstić information content (AvgIpc) is 3.14. The number of anilines is 2. The molecule has 7 nitrogen and oxygen atoms in total. The van der Waals surface area contributed by atoms with Gasteiger partial charge in [-0.15, -0.1) is 0 Å². The smallest absolute Gasteiger partial charge is 0.241 e. The Hall–Kier alpha value is -1.35. The highest BCUT2D eigenvalue weighted by atomic mass is 32.2. The minimum Gasteiger partial charge on any atom is -0.382 e. The molecule has 1 amide bonds. The molecule has 0 saturated heterocycles. The van der Waals surface area contributed by atoms with Crippen LogP contribution < -0.4 is 16.4 Å². The molecule has 0 radical (unpaired) electrons. The third-order valence-electron chi connectivity index (χ3n) is 2.91. The Balaban J connectivity index is 2.30. The van der Waals surface area contributed by atoms with Crippen LogP contribution in [0.1, 0.15) is 19.8 Å². The number of hydrogen-bond donors (Lipinski definition) is 3. The molecule has 9 heteroatoms. The summed E-state index contributed by atoms with van der Waals surface area (Å²) in [6.07, 6.45) is 1.31. The Labute approximate surface area is 115 Å². The highest BCUT2D eigenvalue weighted by molar-refractivity contribution is 7.92. The highest BCUT2D eigenvalue weighted by Gasteiger charge is 2.41. The maximum absolute atomic E-state index is 12.3. The summed E-state index contributed by atoms with van der Waals surface area (Å²) >= 11 is 0.959. The normalized spacial score (nSPS) is 16.9. The molecule has 106 valence electrons. The minimum absolute atomic E-state index is 0.00325. The SMILES string of the molecule is CNC(=O)C(C)Nc1snc(N)c1S(=O)(=O)C1CC1. The van der Waals surface area contributed by atoms with Gasteiger partial charge in [-0.2, -0.15) is 4.37 Å². The minimum atomic E-state index is -3.43. The van der Waals surface area contributed by atoms with E-state index in [1.165, 1.54) is 7.05 Å². The van der Waals surface area contributed by atoms with Crippen LogP contribution in [0.4, 0.5) is 10.8 Å². The molecule has 0 aliphatic heterocycles. The molecule has 1 fully saturated rings. The van der Waals surface area contributed by atoms with Crippen molar-refractivity contribution in [3.05, 3.63) is 0 Å². The summed E-state index contributed by atoms with van der Waals surface area (Å²) in [6, 6.07) is -0.557. The van der Waals surface area contributed by atoms with Crippen LogP contribution in [0.25, 0.3) is 0 Å². The third-order valence-corrected chi connectivity index (χ3v) is 6.16. The quantitative estimate of drug-likeness (QED) is 0.716. The number of nitrogens with one attached hydrogen (secondary N) is 2. The van der Waals surface area contributed by atoms with Gasteiger partial charge in [0.05, 0.1) is 5.25 Å². The van der Waals surface area contributed by atoms with Gasteiger partial charge < -0.3 is 16.4 Å². The summed E-state index contributed by atoms with van der Waals surface area (Å²) in [6.45, 7) is 1.64. The number of aromatic nitrogens is 1. The van der Waals surface area contributed by atoms with Crippen LogP contribution in [0.3, 0.4) is 0 Å². The lowest BCUT2D eigenvalue weighted by molar-refractivity contribution is -0.121. The van der Waals surface area contributed by atoms with Gasteiger partial charge >= 0.3 is 0 Å². The lowest BCUT2D eigenvalue weighted by Crippen LogP contribution is -2.35. The number of amides is 1. The number of rotatable bonds is 5. The molecule has 1 aromatic rings. The van der Waals surface area contributed by atoms with Crippen LogP contribution in [0.5, 0.6) is 0 Å². The van der Waals surface area contributed by atoms with E-state index in [1.54, 1.807) is 6.92 Å². The molecule has 1 aliphatic rings. The number of nitrogen functional groups attached to an aromatic ring is 1. The number of carbonyl (C=O) groups excluding carboxylic acids is 1. The fraction of sp³-hybridized carbons (Fsp3) is 0.600. The first-order valence-corrected chi connectivity index (χ1v) is 8.17. The number of nitrogens with two attached hydrogens (primary N) is 1. The van der Waals surface area contributed by atoms with E-state index in [9.17, 15) is 13.2 Å². The molecule has 1 atom stereocenters. The first kappa shape index (κ1) is 14.1. The van der Waals surface area contributed by atoms with Gasteiger partial charge in [0.1, 0.15) is 15.9 Å².